The largest absolute Gasteiger partial charge is 0.248 e. The number of para-hydroxylation sites is 1. The fraction of sp³-hybridized carbons (Fsp3) is 0. The molecule has 0 amide bonds. The van der Waals surface area contributed by atoms with Gasteiger partial charge in [0.05, 0.1) is 11.0 Å². The zero-order chi connectivity index (χ0) is 26.7. The molecule has 0 saturated heterocycles. The summed E-state index contributed by atoms with van der Waals surface area (Å²) in [6.45, 7) is 0. The monoisotopic (exact) mass is 509 g/mol. The van der Waals surface area contributed by atoms with E-state index in [1.54, 1.807) is 0 Å². The van der Waals surface area contributed by atoms with Gasteiger partial charge in [-0.3, -0.25) is 0 Å². The minimum atomic E-state index is 1.00. The van der Waals surface area contributed by atoms with Crippen molar-refractivity contribution in [2.45, 2.75) is 0 Å². The van der Waals surface area contributed by atoms with Crippen LogP contribution < -0.4 is 0 Å². The normalized spacial score (nSPS) is 11.0. The van der Waals surface area contributed by atoms with Crippen molar-refractivity contribution in [3.63, 3.8) is 0 Å². The van der Waals surface area contributed by atoms with Gasteiger partial charge in [-0.1, -0.05) is 146 Å². The summed E-state index contributed by atoms with van der Waals surface area (Å²) in [4.78, 5) is 5.01. The van der Waals surface area contributed by atoms with Crippen LogP contribution in [0.15, 0.2) is 164 Å². The Morgan fingerprint density at radius 2 is 0.875 bits per heavy atom. The van der Waals surface area contributed by atoms with Crippen LogP contribution in [0.5, 0.6) is 0 Å². The zero-order valence-electron chi connectivity index (χ0n) is 22.0. The molecule has 1 nitrogen and oxygen atoms in total. The Morgan fingerprint density at radius 1 is 0.375 bits per heavy atom. The van der Waals surface area contributed by atoms with Crippen molar-refractivity contribution in [3.8, 4) is 11.1 Å². The first-order valence-corrected chi connectivity index (χ1v) is 13.7. The molecule has 7 rings (SSSR count). The van der Waals surface area contributed by atoms with Gasteiger partial charge >= 0.3 is 0 Å². The van der Waals surface area contributed by atoms with Gasteiger partial charge < -0.3 is 0 Å². The van der Waals surface area contributed by atoms with Crippen molar-refractivity contribution in [2.24, 2.45) is 0 Å². The van der Waals surface area contributed by atoms with Crippen molar-refractivity contribution in [1.29, 1.82) is 0 Å². The summed E-state index contributed by atoms with van der Waals surface area (Å²) < 4.78 is 0. The Hall–Kier alpha value is -5.27. The highest BCUT2D eigenvalue weighted by molar-refractivity contribution is 6.09. The molecule has 0 unspecified atom stereocenters. The van der Waals surface area contributed by atoms with Gasteiger partial charge in [-0.25, -0.2) is 4.98 Å². The molecule has 0 radical (unpaired) electrons. The van der Waals surface area contributed by atoms with Crippen LogP contribution in [-0.2, 0) is 0 Å². The number of rotatable bonds is 5. The average molecular weight is 510 g/mol. The van der Waals surface area contributed by atoms with Crippen molar-refractivity contribution < 1.29 is 0 Å². The van der Waals surface area contributed by atoms with Crippen LogP contribution in [0.4, 0.5) is 0 Å². The van der Waals surface area contributed by atoms with Gasteiger partial charge in [0, 0.05) is 10.8 Å². The second-order valence-corrected chi connectivity index (χ2v) is 9.95. The molecule has 1 aromatic heterocycles. The van der Waals surface area contributed by atoms with Crippen LogP contribution in [0.25, 0.3) is 44.1 Å². The van der Waals surface area contributed by atoms with Gasteiger partial charge in [0.1, 0.15) is 0 Å². The minimum Gasteiger partial charge on any atom is -0.248 e. The molecule has 1 heteroatoms. The molecule has 0 atom stereocenters. The first-order valence-electron chi connectivity index (χ1n) is 13.7. The van der Waals surface area contributed by atoms with Crippen LogP contribution in [0.3, 0.4) is 0 Å². The fourth-order valence-corrected chi connectivity index (χ4v) is 5.67. The minimum absolute atomic E-state index is 1.00. The van der Waals surface area contributed by atoms with Crippen molar-refractivity contribution in [2.75, 3.05) is 0 Å². The summed E-state index contributed by atoms with van der Waals surface area (Å²) >= 11 is 0. The maximum atomic E-state index is 5.01. The Bertz CT molecular complexity index is 1930. The molecule has 0 N–H and O–H groups in total. The molecule has 0 aliphatic rings. The van der Waals surface area contributed by atoms with Crippen molar-refractivity contribution in [3.05, 3.63) is 186 Å². The molecule has 6 aromatic carbocycles. The molecule has 0 saturated carbocycles. The molecule has 1 heterocycles. The predicted octanol–water partition coefficient (Wildman–Crippen LogP) is 10.1. The second-order valence-electron chi connectivity index (χ2n) is 9.95. The van der Waals surface area contributed by atoms with Crippen LogP contribution >= 0.6 is 0 Å². The van der Waals surface area contributed by atoms with Crippen molar-refractivity contribution in [1.82, 2.24) is 4.98 Å². The van der Waals surface area contributed by atoms with Gasteiger partial charge in [-0.05, 0) is 62.7 Å². The third-order valence-electron chi connectivity index (χ3n) is 7.48. The molecule has 7 aromatic rings. The van der Waals surface area contributed by atoms with Gasteiger partial charge in [0.25, 0.3) is 0 Å². The Balaban J connectivity index is 1.59. The van der Waals surface area contributed by atoms with Crippen LogP contribution in [0.2, 0.25) is 0 Å². The summed E-state index contributed by atoms with van der Waals surface area (Å²) in [7, 11) is 0. The van der Waals surface area contributed by atoms with E-state index in [2.05, 4.69) is 158 Å². The molecule has 188 valence electrons. The zero-order valence-corrected chi connectivity index (χ0v) is 22.0. The summed E-state index contributed by atoms with van der Waals surface area (Å²) in [6.07, 6.45) is 0. The lowest BCUT2D eigenvalue weighted by molar-refractivity contribution is 1.48. The lowest BCUT2D eigenvalue weighted by Gasteiger charge is -2.21. The first-order chi connectivity index (χ1) is 19.9. The average Bonchev–Trinajstić information content (AvgIpc) is 3.03. The Morgan fingerprint density at radius 3 is 1.55 bits per heavy atom. The second kappa shape index (κ2) is 10.5. The molecule has 40 heavy (non-hydrogen) atoms. The quantitative estimate of drug-likeness (QED) is 0.166. The van der Waals surface area contributed by atoms with E-state index in [0.29, 0.717) is 0 Å². The van der Waals surface area contributed by atoms with Crippen molar-refractivity contribution >= 4 is 33.0 Å². The van der Waals surface area contributed by atoms with E-state index in [-0.39, 0.29) is 0 Å². The first kappa shape index (κ1) is 23.8. The van der Waals surface area contributed by atoms with Gasteiger partial charge in [-0.15, -0.1) is 0 Å². The summed E-state index contributed by atoms with van der Waals surface area (Å²) in [6, 6.07) is 58.1. The van der Waals surface area contributed by atoms with E-state index in [9.17, 15) is 0 Å². The van der Waals surface area contributed by atoms with E-state index >= 15 is 0 Å². The van der Waals surface area contributed by atoms with E-state index in [4.69, 9.17) is 4.98 Å². The molecule has 0 aliphatic heterocycles. The molecule has 0 spiro atoms. The Kier molecular flexibility index (Phi) is 6.24. The number of aromatic nitrogens is 1. The maximum absolute atomic E-state index is 5.01. The lowest BCUT2D eigenvalue weighted by Crippen LogP contribution is -1.99. The number of benzene rings is 6. The van der Waals surface area contributed by atoms with Gasteiger partial charge in [0.2, 0.25) is 0 Å². The summed E-state index contributed by atoms with van der Waals surface area (Å²) in [5.74, 6) is 0. The topological polar surface area (TPSA) is 12.9 Å². The molecular formula is C39H27N. The van der Waals surface area contributed by atoms with E-state index in [1.165, 1.54) is 44.5 Å². The number of pyridine rings is 1. The fourth-order valence-electron chi connectivity index (χ4n) is 5.67. The van der Waals surface area contributed by atoms with Gasteiger partial charge in [-0.2, -0.15) is 0 Å². The predicted molar refractivity (Wildman–Crippen MR) is 169 cm³/mol. The molecule has 0 bridgehead atoms. The lowest BCUT2D eigenvalue weighted by atomic mass is 9.82. The number of hydrogen-bond donors (Lipinski definition) is 0. The van der Waals surface area contributed by atoms with Crippen LogP contribution in [0.1, 0.15) is 22.3 Å². The van der Waals surface area contributed by atoms with Crippen LogP contribution in [-0.4, -0.2) is 4.98 Å². The third-order valence-corrected chi connectivity index (χ3v) is 7.48. The highest BCUT2D eigenvalue weighted by Crippen LogP contribution is 2.42. The van der Waals surface area contributed by atoms with Gasteiger partial charge in [0.15, 0.2) is 0 Å². The standard InChI is InChI=1S/C39H27N/c1-4-15-28(16-5-1)38(29-17-6-2-7-18-29)39(30-19-8-3-9-20-30)34-23-12-11-22-32(34)33-24-14-26-37-35(33)27-31-21-10-13-25-36(31)40-37/h1-27H. The number of fused-ring (bicyclic) bond motifs is 2. The molecule has 0 aliphatic carbocycles. The van der Waals surface area contributed by atoms with E-state index < -0.39 is 0 Å². The molecule has 0 fully saturated rings. The molecular weight excluding hydrogens is 482 g/mol. The number of nitrogens with zero attached hydrogens (tertiary/aromatic N) is 1. The SMILES string of the molecule is c1ccc(C(=C(c2ccccc2)c2ccccc2-c2cccc3nc4ccccc4cc23)c2ccccc2)cc1. The van der Waals surface area contributed by atoms with Crippen LogP contribution in [0, 0.1) is 0 Å². The van der Waals surface area contributed by atoms with E-state index in [1.807, 2.05) is 6.07 Å². The highest BCUT2D eigenvalue weighted by atomic mass is 14.7. The van der Waals surface area contributed by atoms with E-state index in [0.717, 1.165) is 21.8 Å². The highest BCUT2D eigenvalue weighted by Gasteiger charge is 2.20. The Labute approximate surface area is 234 Å². The smallest absolute Gasteiger partial charge is 0.0715 e. The summed E-state index contributed by atoms with van der Waals surface area (Å²) in [5, 5.41) is 2.30. The maximum Gasteiger partial charge on any atom is 0.0715 e. The summed E-state index contributed by atoms with van der Waals surface area (Å²) in [5.41, 5.74) is 11.6. The number of hydrogen-bond acceptors (Lipinski definition) is 1. The third kappa shape index (κ3) is 4.38.